The molecule has 0 amide bonds. The van der Waals surface area contributed by atoms with Crippen LogP contribution in [0.4, 0.5) is 13.2 Å². The molecule has 0 saturated heterocycles. The number of rotatable bonds is 5. The third-order valence-electron chi connectivity index (χ3n) is 2.42. The largest absolute Gasteiger partial charge is 0.573 e. The molecule has 0 bridgehead atoms. The van der Waals surface area contributed by atoms with E-state index < -0.39 is 12.3 Å². The zero-order valence-corrected chi connectivity index (χ0v) is 10.7. The average molecular weight is 276 g/mol. The van der Waals surface area contributed by atoms with E-state index in [2.05, 4.69) is 4.74 Å². The summed E-state index contributed by atoms with van der Waals surface area (Å²) < 4.78 is 45.9. The topological polar surface area (TPSA) is 35.5 Å². The van der Waals surface area contributed by atoms with Crippen molar-refractivity contribution in [2.24, 2.45) is 0 Å². The van der Waals surface area contributed by atoms with E-state index in [1.807, 2.05) is 0 Å². The van der Waals surface area contributed by atoms with Gasteiger partial charge in [0.15, 0.2) is 0 Å². The minimum atomic E-state index is -4.78. The van der Waals surface area contributed by atoms with Crippen molar-refractivity contribution >= 4 is 5.97 Å². The maximum atomic E-state index is 12.4. The fourth-order valence-electron chi connectivity index (χ4n) is 1.67. The molecule has 0 heterocycles. The summed E-state index contributed by atoms with van der Waals surface area (Å²) in [5.41, 5.74) is 0.578. The first-order chi connectivity index (χ1) is 8.87. The third-order valence-corrected chi connectivity index (χ3v) is 2.42. The van der Waals surface area contributed by atoms with Crippen LogP contribution < -0.4 is 4.74 Å². The number of alkyl halides is 3. The lowest BCUT2D eigenvalue weighted by Crippen LogP contribution is -2.20. The minimum absolute atomic E-state index is 0.176. The van der Waals surface area contributed by atoms with Crippen LogP contribution in [0.2, 0.25) is 0 Å². The van der Waals surface area contributed by atoms with E-state index in [-0.39, 0.29) is 24.3 Å². The molecule has 0 fully saturated rings. The number of carbonyl (C=O) groups excluding carboxylic acids is 1. The van der Waals surface area contributed by atoms with E-state index in [1.165, 1.54) is 12.1 Å². The molecule has 0 atom stereocenters. The van der Waals surface area contributed by atoms with Gasteiger partial charge < -0.3 is 9.47 Å². The van der Waals surface area contributed by atoms with Crippen LogP contribution in [0.3, 0.4) is 0 Å². The normalized spacial score (nSPS) is 11.2. The number of hydrogen-bond acceptors (Lipinski definition) is 3. The smallest absolute Gasteiger partial charge is 0.466 e. The van der Waals surface area contributed by atoms with Crippen molar-refractivity contribution in [1.82, 2.24) is 0 Å². The number of benzene rings is 1. The number of para-hydroxylation sites is 1. The zero-order chi connectivity index (χ0) is 14.5. The predicted octanol–water partition coefficient (Wildman–Crippen LogP) is 3.25. The Morgan fingerprint density at radius 1 is 1.21 bits per heavy atom. The van der Waals surface area contributed by atoms with Crippen LogP contribution in [0, 0.1) is 0 Å². The Bertz CT molecular complexity index is 441. The van der Waals surface area contributed by atoms with Gasteiger partial charge in [-0.1, -0.05) is 25.1 Å². The number of halogens is 3. The van der Waals surface area contributed by atoms with Gasteiger partial charge in [0.25, 0.3) is 0 Å². The Morgan fingerprint density at radius 3 is 2.37 bits per heavy atom. The summed E-state index contributed by atoms with van der Waals surface area (Å²) in [4.78, 5) is 11.4. The van der Waals surface area contributed by atoms with Gasteiger partial charge in [-0.25, -0.2) is 0 Å². The predicted molar refractivity (Wildman–Crippen MR) is 62.8 cm³/mol. The van der Waals surface area contributed by atoms with Gasteiger partial charge in [-0.15, -0.1) is 13.2 Å². The lowest BCUT2D eigenvalue weighted by Gasteiger charge is -2.16. The standard InChI is InChI=1S/C13H15F3O3/c1-3-9-6-5-7-10(8-11(17)18-4-2)12(9)19-13(14,15)16/h5-7H,3-4,8H2,1-2H3. The molecule has 0 aromatic heterocycles. The van der Waals surface area contributed by atoms with Gasteiger partial charge >= 0.3 is 12.3 Å². The van der Waals surface area contributed by atoms with Gasteiger partial charge in [-0.2, -0.15) is 0 Å². The van der Waals surface area contributed by atoms with Gasteiger partial charge in [0.2, 0.25) is 0 Å². The Hall–Kier alpha value is -1.72. The van der Waals surface area contributed by atoms with E-state index in [0.29, 0.717) is 12.0 Å². The highest BCUT2D eigenvalue weighted by molar-refractivity contribution is 5.73. The summed E-state index contributed by atoms with van der Waals surface area (Å²) in [5.74, 6) is -0.881. The highest BCUT2D eigenvalue weighted by Crippen LogP contribution is 2.31. The molecule has 0 aliphatic rings. The molecule has 1 rings (SSSR count). The number of carbonyl (C=O) groups is 1. The molecule has 0 N–H and O–H groups in total. The molecule has 106 valence electrons. The molecule has 1 aromatic carbocycles. The van der Waals surface area contributed by atoms with Crippen molar-refractivity contribution < 1.29 is 27.4 Å². The lowest BCUT2D eigenvalue weighted by molar-refractivity contribution is -0.275. The molecule has 0 aliphatic carbocycles. The second-order valence-corrected chi connectivity index (χ2v) is 3.79. The van der Waals surface area contributed by atoms with Crippen molar-refractivity contribution in [2.75, 3.05) is 6.61 Å². The molecule has 1 aromatic rings. The second-order valence-electron chi connectivity index (χ2n) is 3.79. The number of aryl methyl sites for hydroxylation is 1. The zero-order valence-electron chi connectivity index (χ0n) is 10.7. The molecule has 0 saturated carbocycles. The van der Waals surface area contributed by atoms with Crippen LogP contribution in [-0.4, -0.2) is 18.9 Å². The average Bonchev–Trinajstić information content (AvgIpc) is 2.30. The number of esters is 1. The fraction of sp³-hybridized carbons (Fsp3) is 0.462. The van der Waals surface area contributed by atoms with Crippen LogP contribution in [0.1, 0.15) is 25.0 Å². The molecule has 0 radical (unpaired) electrons. The highest BCUT2D eigenvalue weighted by Gasteiger charge is 2.33. The molecule has 3 nitrogen and oxygen atoms in total. The molecular weight excluding hydrogens is 261 g/mol. The first-order valence-corrected chi connectivity index (χ1v) is 5.89. The first-order valence-electron chi connectivity index (χ1n) is 5.89. The minimum Gasteiger partial charge on any atom is -0.466 e. The summed E-state index contributed by atoms with van der Waals surface area (Å²) in [6.45, 7) is 3.53. The molecule has 0 aliphatic heterocycles. The van der Waals surface area contributed by atoms with Crippen molar-refractivity contribution in [3.63, 3.8) is 0 Å². The maximum absolute atomic E-state index is 12.4. The van der Waals surface area contributed by atoms with Crippen LogP contribution in [-0.2, 0) is 22.4 Å². The van der Waals surface area contributed by atoms with Crippen molar-refractivity contribution in [1.29, 1.82) is 0 Å². The van der Waals surface area contributed by atoms with Gasteiger partial charge in [-0.05, 0) is 18.9 Å². The summed E-state index contributed by atoms with van der Waals surface area (Å²) in [6.07, 6.45) is -4.65. The molecule has 0 unspecified atom stereocenters. The van der Waals surface area contributed by atoms with E-state index in [9.17, 15) is 18.0 Å². The van der Waals surface area contributed by atoms with Crippen molar-refractivity contribution in [3.8, 4) is 5.75 Å². The van der Waals surface area contributed by atoms with Gasteiger partial charge in [0.05, 0.1) is 13.0 Å². The lowest BCUT2D eigenvalue weighted by atomic mass is 10.0. The van der Waals surface area contributed by atoms with E-state index in [0.717, 1.165) is 0 Å². The molecular formula is C13H15F3O3. The summed E-state index contributed by atoms with van der Waals surface area (Å²) >= 11 is 0. The Balaban J connectivity index is 3.05. The van der Waals surface area contributed by atoms with Crippen LogP contribution >= 0.6 is 0 Å². The quantitative estimate of drug-likeness (QED) is 0.774. The molecule has 6 heteroatoms. The third kappa shape index (κ3) is 4.81. The fourth-order valence-corrected chi connectivity index (χ4v) is 1.67. The summed E-state index contributed by atoms with van der Waals surface area (Å²) in [6, 6.07) is 4.56. The van der Waals surface area contributed by atoms with Crippen LogP contribution in [0.25, 0.3) is 0 Å². The van der Waals surface area contributed by atoms with Crippen LogP contribution in [0.15, 0.2) is 18.2 Å². The summed E-state index contributed by atoms with van der Waals surface area (Å²) in [5, 5.41) is 0. The SMILES string of the molecule is CCOC(=O)Cc1cccc(CC)c1OC(F)(F)F. The Morgan fingerprint density at radius 2 is 1.84 bits per heavy atom. The molecule has 0 spiro atoms. The van der Waals surface area contributed by atoms with E-state index >= 15 is 0 Å². The second kappa shape index (κ2) is 6.45. The number of hydrogen-bond donors (Lipinski definition) is 0. The Labute approximate surface area is 109 Å². The summed E-state index contributed by atoms with van der Waals surface area (Å²) in [7, 11) is 0. The molecule has 19 heavy (non-hydrogen) atoms. The Kier molecular flexibility index (Phi) is 5.20. The van der Waals surface area contributed by atoms with Gasteiger partial charge in [0.1, 0.15) is 5.75 Å². The number of ether oxygens (including phenoxy) is 2. The maximum Gasteiger partial charge on any atom is 0.573 e. The highest BCUT2D eigenvalue weighted by atomic mass is 19.4. The van der Waals surface area contributed by atoms with E-state index in [4.69, 9.17) is 4.74 Å². The first kappa shape index (κ1) is 15.3. The van der Waals surface area contributed by atoms with Crippen molar-refractivity contribution in [3.05, 3.63) is 29.3 Å². The van der Waals surface area contributed by atoms with Gasteiger partial charge in [-0.3, -0.25) is 4.79 Å². The van der Waals surface area contributed by atoms with E-state index in [1.54, 1.807) is 19.9 Å². The van der Waals surface area contributed by atoms with Crippen LogP contribution in [0.5, 0.6) is 5.75 Å². The van der Waals surface area contributed by atoms with Crippen molar-refractivity contribution in [2.45, 2.75) is 33.1 Å². The van der Waals surface area contributed by atoms with Gasteiger partial charge in [0, 0.05) is 5.56 Å². The monoisotopic (exact) mass is 276 g/mol.